The largest absolute Gasteiger partial charge is 0.481 e. The fourth-order valence-corrected chi connectivity index (χ4v) is 2.37. The summed E-state index contributed by atoms with van der Waals surface area (Å²) >= 11 is 12.0. The topological polar surface area (TPSA) is 37.3 Å². The average molecular weight is 313 g/mol. The smallest absolute Gasteiger partial charge is 0.311 e. The molecule has 0 spiro atoms. The van der Waals surface area contributed by atoms with E-state index in [4.69, 9.17) is 23.2 Å². The van der Waals surface area contributed by atoms with Crippen molar-refractivity contribution >= 4 is 29.2 Å². The summed E-state index contributed by atoms with van der Waals surface area (Å²) in [5.74, 6) is -2.20. The maximum absolute atomic E-state index is 12.9. The van der Waals surface area contributed by atoms with Gasteiger partial charge in [0.05, 0.1) is 16.0 Å². The molecule has 0 aliphatic rings. The Morgan fingerprint density at radius 3 is 2.40 bits per heavy atom. The highest BCUT2D eigenvalue weighted by Gasteiger charge is 2.22. The molecule has 2 rings (SSSR count). The molecule has 0 aromatic heterocycles. The minimum atomic E-state index is -0.993. The number of hydrogen-bond acceptors (Lipinski definition) is 1. The number of hydrogen-bond donors (Lipinski definition) is 1. The van der Waals surface area contributed by atoms with Gasteiger partial charge < -0.3 is 5.11 Å². The minimum Gasteiger partial charge on any atom is -0.481 e. The van der Waals surface area contributed by atoms with Crippen molar-refractivity contribution in [3.63, 3.8) is 0 Å². The molecule has 1 N–H and O–H groups in total. The van der Waals surface area contributed by atoms with E-state index >= 15 is 0 Å². The van der Waals surface area contributed by atoms with Crippen molar-refractivity contribution in [2.75, 3.05) is 0 Å². The fourth-order valence-electron chi connectivity index (χ4n) is 1.97. The first-order valence-corrected chi connectivity index (χ1v) is 6.66. The van der Waals surface area contributed by atoms with Crippen molar-refractivity contribution < 1.29 is 14.3 Å². The number of carbonyl (C=O) groups is 1. The van der Waals surface area contributed by atoms with Crippen LogP contribution in [0.25, 0.3) is 0 Å². The second kappa shape index (κ2) is 6.25. The van der Waals surface area contributed by atoms with Crippen LogP contribution in [0.4, 0.5) is 4.39 Å². The number of benzene rings is 2. The third-order valence-corrected chi connectivity index (χ3v) is 3.88. The quantitative estimate of drug-likeness (QED) is 0.899. The van der Waals surface area contributed by atoms with E-state index in [1.807, 2.05) is 0 Å². The molecule has 2 aromatic carbocycles. The molecule has 104 valence electrons. The average Bonchev–Trinajstić information content (AvgIpc) is 2.41. The number of rotatable bonds is 4. The summed E-state index contributed by atoms with van der Waals surface area (Å²) in [5.41, 5.74) is 1.17. The van der Waals surface area contributed by atoms with Crippen molar-refractivity contribution in [1.82, 2.24) is 0 Å². The summed E-state index contributed by atoms with van der Waals surface area (Å²) in [5, 5.41) is 10.1. The van der Waals surface area contributed by atoms with E-state index in [-0.39, 0.29) is 6.42 Å². The molecule has 0 saturated heterocycles. The molecule has 1 atom stereocenters. The monoisotopic (exact) mass is 312 g/mol. The maximum atomic E-state index is 12.9. The zero-order valence-electron chi connectivity index (χ0n) is 10.3. The van der Waals surface area contributed by atoms with Crippen LogP contribution < -0.4 is 0 Å². The van der Waals surface area contributed by atoms with Crippen LogP contribution in [0.2, 0.25) is 10.0 Å². The number of carboxylic acid groups (broad SMARTS) is 1. The van der Waals surface area contributed by atoms with Crippen molar-refractivity contribution in [1.29, 1.82) is 0 Å². The van der Waals surface area contributed by atoms with Gasteiger partial charge in [0, 0.05) is 0 Å². The van der Waals surface area contributed by atoms with Gasteiger partial charge in [-0.05, 0) is 35.7 Å². The van der Waals surface area contributed by atoms with Gasteiger partial charge in [-0.2, -0.15) is 0 Å². The molecule has 0 amide bonds. The van der Waals surface area contributed by atoms with Crippen molar-refractivity contribution in [2.24, 2.45) is 0 Å². The molecule has 0 fully saturated rings. The third kappa shape index (κ3) is 3.30. The Bertz CT molecular complexity index is 626. The lowest BCUT2D eigenvalue weighted by molar-refractivity contribution is -0.138. The van der Waals surface area contributed by atoms with Gasteiger partial charge in [-0.25, -0.2) is 4.39 Å². The van der Waals surface area contributed by atoms with Crippen molar-refractivity contribution in [3.05, 3.63) is 69.5 Å². The maximum Gasteiger partial charge on any atom is 0.311 e. The van der Waals surface area contributed by atoms with Crippen molar-refractivity contribution in [3.8, 4) is 0 Å². The van der Waals surface area contributed by atoms with Gasteiger partial charge in [-0.3, -0.25) is 4.79 Å². The van der Waals surface area contributed by atoms with Crippen LogP contribution in [0, 0.1) is 5.82 Å². The molecule has 0 bridgehead atoms. The van der Waals surface area contributed by atoms with Gasteiger partial charge in [0.2, 0.25) is 0 Å². The normalized spacial score (nSPS) is 12.2. The Hall–Kier alpha value is -1.58. The lowest BCUT2D eigenvalue weighted by Crippen LogP contribution is -2.14. The SMILES string of the molecule is O=C(O)C(Cc1cccc(Cl)c1Cl)c1ccc(F)cc1. The highest BCUT2D eigenvalue weighted by molar-refractivity contribution is 6.42. The van der Waals surface area contributed by atoms with Crippen LogP contribution in [0.5, 0.6) is 0 Å². The predicted molar refractivity (Wildman–Crippen MR) is 76.9 cm³/mol. The molecule has 0 heterocycles. The van der Waals surface area contributed by atoms with Gasteiger partial charge in [-0.15, -0.1) is 0 Å². The lowest BCUT2D eigenvalue weighted by Gasteiger charge is -2.14. The number of carboxylic acids is 1. The first kappa shape index (κ1) is 14.8. The zero-order valence-corrected chi connectivity index (χ0v) is 11.8. The van der Waals surface area contributed by atoms with E-state index in [9.17, 15) is 14.3 Å². The summed E-state index contributed by atoms with van der Waals surface area (Å²) in [6.07, 6.45) is 0.195. The summed E-state index contributed by atoms with van der Waals surface area (Å²) in [6.45, 7) is 0. The van der Waals surface area contributed by atoms with E-state index in [2.05, 4.69) is 0 Å². The third-order valence-electron chi connectivity index (χ3n) is 3.03. The van der Waals surface area contributed by atoms with Gasteiger partial charge in [0.15, 0.2) is 0 Å². The summed E-state index contributed by atoms with van der Waals surface area (Å²) < 4.78 is 12.9. The molecular weight excluding hydrogens is 302 g/mol. The van der Waals surface area contributed by atoms with E-state index in [1.165, 1.54) is 24.3 Å². The molecule has 1 unspecified atom stereocenters. The fraction of sp³-hybridized carbons (Fsp3) is 0.133. The first-order valence-electron chi connectivity index (χ1n) is 5.90. The molecule has 0 saturated carbocycles. The van der Waals surface area contributed by atoms with E-state index in [1.54, 1.807) is 18.2 Å². The summed E-state index contributed by atoms with van der Waals surface area (Å²) in [7, 11) is 0. The molecule has 2 aromatic rings. The molecule has 0 aliphatic carbocycles. The van der Waals surface area contributed by atoms with Gasteiger partial charge >= 0.3 is 5.97 Å². The van der Waals surface area contributed by atoms with Crippen LogP contribution in [-0.4, -0.2) is 11.1 Å². The number of halogens is 3. The second-order valence-electron chi connectivity index (χ2n) is 4.36. The van der Waals surface area contributed by atoms with Crippen LogP contribution in [0.3, 0.4) is 0 Å². The predicted octanol–water partition coefficient (Wildman–Crippen LogP) is 4.54. The molecule has 2 nitrogen and oxygen atoms in total. The molecule has 0 aliphatic heterocycles. The van der Waals surface area contributed by atoms with Gasteiger partial charge in [0.25, 0.3) is 0 Å². The summed E-state index contributed by atoms with van der Waals surface area (Å²) in [6, 6.07) is 10.5. The minimum absolute atomic E-state index is 0.195. The Balaban J connectivity index is 2.33. The first-order chi connectivity index (χ1) is 9.49. The van der Waals surface area contributed by atoms with Crippen molar-refractivity contribution in [2.45, 2.75) is 12.3 Å². The highest BCUT2D eigenvalue weighted by Crippen LogP contribution is 2.30. The standard InChI is InChI=1S/C15H11Cl2FO2/c16-13-3-1-2-10(14(13)17)8-12(15(19)20)9-4-6-11(18)7-5-9/h1-7,12H,8H2,(H,19,20). The Morgan fingerprint density at radius 1 is 1.15 bits per heavy atom. The van der Waals surface area contributed by atoms with E-state index < -0.39 is 17.7 Å². The van der Waals surface area contributed by atoms with Crippen LogP contribution >= 0.6 is 23.2 Å². The van der Waals surface area contributed by atoms with Gasteiger partial charge in [0.1, 0.15) is 5.82 Å². The second-order valence-corrected chi connectivity index (χ2v) is 5.14. The van der Waals surface area contributed by atoms with E-state index in [0.717, 1.165) is 0 Å². The highest BCUT2D eigenvalue weighted by atomic mass is 35.5. The van der Waals surface area contributed by atoms with Crippen LogP contribution in [0.1, 0.15) is 17.0 Å². The lowest BCUT2D eigenvalue weighted by atomic mass is 9.92. The summed E-state index contributed by atoms with van der Waals surface area (Å²) in [4.78, 5) is 11.4. The Labute approximate surface area is 125 Å². The molecule has 20 heavy (non-hydrogen) atoms. The molecule has 5 heteroatoms. The Kier molecular flexibility index (Phi) is 4.63. The van der Waals surface area contributed by atoms with Gasteiger partial charge in [-0.1, -0.05) is 47.5 Å². The van der Waals surface area contributed by atoms with E-state index in [0.29, 0.717) is 21.2 Å². The van der Waals surface area contributed by atoms with Crippen LogP contribution in [0.15, 0.2) is 42.5 Å². The zero-order chi connectivity index (χ0) is 14.7. The van der Waals surface area contributed by atoms with Crippen LogP contribution in [-0.2, 0) is 11.2 Å². The number of aliphatic carboxylic acids is 1. The Morgan fingerprint density at radius 2 is 1.80 bits per heavy atom. The molecular formula is C15H11Cl2FO2. The molecule has 0 radical (unpaired) electrons.